The average molecular weight is 436 g/mol. The number of aryl methyl sites for hydroxylation is 3. The van der Waals surface area contributed by atoms with Crippen molar-refractivity contribution in [2.45, 2.75) is 39.1 Å². The van der Waals surface area contributed by atoms with Gasteiger partial charge in [-0.3, -0.25) is 4.79 Å². The zero-order valence-electron chi connectivity index (χ0n) is 17.6. The third-order valence-corrected chi connectivity index (χ3v) is 5.02. The molecule has 1 aliphatic rings. The first kappa shape index (κ1) is 22.6. The van der Waals surface area contributed by atoms with E-state index >= 15 is 0 Å². The lowest BCUT2D eigenvalue weighted by atomic mass is 10.0. The van der Waals surface area contributed by atoms with Gasteiger partial charge in [-0.2, -0.15) is 23.3 Å². The van der Waals surface area contributed by atoms with Gasteiger partial charge < -0.3 is 14.6 Å². The van der Waals surface area contributed by atoms with Crippen molar-refractivity contribution in [3.8, 4) is 11.5 Å². The summed E-state index contributed by atoms with van der Waals surface area (Å²) < 4.78 is 51.8. The van der Waals surface area contributed by atoms with Crippen molar-refractivity contribution in [1.29, 1.82) is 0 Å². The molecule has 0 aliphatic carbocycles. The quantitative estimate of drug-likeness (QED) is 0.772. The van der Waals surface area contributed by atoms with Crippen molar-refractivity contribution in [2.24, 2.45) is 5.10 Å². The molecule has 1 N–H and O–H groups in total. The largest absolute Gasteiger partial charge is 0.497 e. The van der Waals surface area contributed by atoms with Gasteiger partial charge in [0.05, 0.1) is 19.2 Å². The molecule has 0 saturated carbocycles. The Morgan fingerprint density at radius 1 is 1.19 bits per heavy atom. The summed E-state index contributed by atoms with van der Waals surface area (Å²) in [6, 6.07) is 9.90. The highest BCUT2D eigenvalue weighted by molar-refractivity contribution is 6.03. The van der Waals surface area contributed by atoms with E-state index in [2.05, 4.69) is 5.10 Å². The third-order valence-electron chi connectivity index (χ3n) is 5.02. The molecule has 3 rings (SSSR count). The molecule has 0 aromatic heterocycles. The molecule has 1 atom stereocenters. The highest BCUT2D eigenvalue weighted by atomic mass is 19.4. The highest BCUT2D eigenvalue weighted by Crippen LogP contribution is 2.41. The molecule has 1 aliphatic heterocycles. The lowest BCUT2D eigenvalue weighted by Crippen LogP contribution is -2.57. The lowest BCUT2D eigenvalue weighted by Gasteiger charge is -2.32. The van der Waals surface area contributed by atoms with E-state index in [1.165, 1.54) is 19.2 Å². The van der Waals surface area contributed by atoms with Crippen LogP contribution in [-0.2, 0) is 4.79 Å². The van der Waals surface area contributed by atoms with Gasteiger partial charge in [0.25, 0.3) is 11.6 Å². The number of halogens is 3. The Morgan fingerprint density at radius 2 is 1.84 bits per heavy atom. The van der Waals surface area contributed by atoms with Gasteiger partial charge in [0, 0.05) is 5.56 Å². The zero-order chi connectivity index (χ0) is 23.0. The van der Waals surface area contributed by atoms with Gasteiger partial charge in [-0.25, -0.2) is 0 Å². The first-order valence-electron chi connectivity index (χ1n) is 9.51. The molecule has 0 unspecified atom stereocenters. The van der Waals surface area contributed by atoms with Crippen molar-refractivity contribution in [1.82, 2.24) is 5.01 Å². The molecule has 1 heterocycles. The SMILES string of the molecule is COc1cccc(C2=NN(C(=O)COc3c(C)cc(C)cc3C)[C@@](O)(C(F)(F)F)C2)c1. The minimum absolute atomic E-state index is 0.0701. The van der Waals surface area contributed by atoms with Gasteiger partial charge in [-0.1, -0.05) is 29.8 Å². The molecule has 0 saturated heterocycles. The van der Waals surface area contributed by atoms with Crippen LogP contribution in [0.15, 0.2) is 41.5 Å². The summed E-state index contributed by atoms with van der Waals surface area (Å²) in [5.41, 5.74) is -0.759. The Kier molecular flexibility index (Phi) is 6.00. The summed E-state index contributed by atoms with van der Waals surface area (Å²) in [6.07, 6.45) is -6.03. The third kappa shape index (κ3) is 4.36. The van der Waals surface area contributed by atoms with Gasteiger partial charge >= 0.3 is 6.18 Å². The number of carbonyl (C=O) groups excluding carboxylic acids is 1. The van der Waals surface area contributed by atoms with Crippen LogP contribution in [0.25, 0.3) is 0 Å². The first-order valence-corrected chi connectivity index (χ1v) is 9.51. The smallest absolute Gasteiger partial charge is 0.438 e. The molecule has 2 aromatic carbocycles. The fourth-order valence-electron chi connectivity index (χ4n) is 3.58. The van der Waals surface area contributed by atoms with Crippen LogP contribution in [0.3, 0.4) is 0 Å². The zero-order valence-corrected chi connectivity index (χ0v) is 17.6. The molecular formula is C22H23F3N2O4. The van der Waals surface area contributed by atoms with E-state index in [-0.39, 0.29) is 10.7 Å². The second kappa shape index (κ2) is 8.22. The number of benzene rings is 2. The Balaban J connectivity index is 1.89. The topological polar surface area (TPSA) is 71.4 Å². The summed E-state index contributed by atoms with van der Waals surface area (Å²) in [5.74, 6) is -0.294. The van der Waals surface area contributed by atoms with Crippen molar-refractivity contribution >= 4 is 11.6 Å². The van der Waals surface area contributed by atoms with Crippen LogP contribution in [0.5, 0.6) is 11.5 Å². The number of rotatable bonds is 5. The minimum atomic E-state index is -5.12. The van der Waals surface area contributed by atoms with Crippen LogP contribution in [0.1, 0.15) is 28.7 Å². The number of carbonyl (C=O) groups is 1. The average Bonchev–Trinajstić information content (AvgIpc) is 3.06. The highest BCUT2D eigenvalue weighted by Gasteiger charge is 2.63. The summed E-state index contributed by atoms with van der Waals surface area (Å²) in [4.78, 5) is 12.7. The van der Waals surface area contributed by atoms with E-state index in [9.17, 15) is 23.1 Å². The van der Waals surface area contributed by atoms with Gasteiger partial charge in [0.15, 0.2) is 6.61 Å². The van der Waals surface area contributed by atoms with Crippen molar-refractivity contribution in [3.63, 3.8) is 0 Å². The number of methoxy groups -OCH3 is 1. The number of amides is 1. The number of aliphatic hydroxyl groups is 1. The van der Waals surface area contributed by atoms with Gasteiger partial charge in [0.1, 0.15) is 11.5 Å². The summed E-state index contributed by atoms with van der Waals surface area (Å²) >= 11 is 0. The normalized spacial score (nSPS) is 18.7. The maximum atomic E-state index is 13.7. The van der Waals surface area contributed by atoms with Crippen LogP contribution in [0, 0.1) is 20.8 Å². The van der Waals surface area contributed by atoms with E-state index in [0.717, 1.165) is 16.7 Å². The molecule has 9 heteroatoms. The van der Waals surface area contributed by atoms with Crippen molar-refractivity contribution < 1.29 is 32.5 Å². The van der Waals surface area contributed by atoms with Gasteiger partial charge in [-0.15, -0.1) is 0 Å². The Labute approximate surface area is 177 Å². The van der Waals surface area contributed by atoms with E-state index in [1.807, 2.05) is 19.1 Å². The Hall–Kier alpha value is -3.07. The monoisotopic (exact) mass is 436 g/mol. The number of hydrazone groups is 1. The molecule has 2 aromatic rings. The molecule has 0 spiro atoms. The molecule has 0 radical (unpaired) electrons. The number of hydrogen-bond donors (Lipinski definition) is 1. The fraction of sp³-hybridized carbons (Fsp3) is 0.364. The number of ether oxygens (including phenoxy) is 2. The summed E-state index contributed by atoms with van der Waals surface area (Å²) in [6.45, 7) is 4.75. The number of alkyl halides is 3. The molecule has 166 valence electrons. The second-order valence-electron chi connectivity index (χ2n) is 7.49. The molecule has 0 bridgehead atoms. The van der Waals surface area contributed by atoms with E-state index in [1.54, 1.807) is 26.0 Å². The predicted octanol–water partition coefficient (Wildman–Crippen LogP) is 3.89. The molecule has 1 amide bonds. The first-order chi connectivity index (χ1) is 14.5. The second-order valence-corrected chi connectivity index (χ2v) is 7.49. The van der Waals surface area contributed by atoms with E-state index in [0.29, 0.717) is 17.1 Å². The van der Waals surface area contributed by atoms with Crippen molar-refractivity contribution in [3.05, 3.63) is 58.7 Å². The van der Waals surface area contributed by atoms with Crippen LogP contribution < -0.4 is 9.47 Å². The standard InChI is InChI=1S/C22H23F3N2O4/c1-13-8-14(2)20(15(3)9-13)31-12-19(28)27-21(29,22(23,24)25)11-18(26-27)16-6-5-7-17(10-16)30-4/h5-10,29H,11-12H2,1-4H3/t21-/m0/s1. The Morgan fingerprint density at radius 3 is 2.42 bits per heavy atom. The van der Waals surface area contributed by atoms with Crippen LogP contribution in [-0.4, -0.2) is 47.4 Å². The number of hydrogen-bond acceptors (Lipinski definition) is 5. The number of nitrogens with zero attached hydrogens (tertiary/aromatic N) is 2. The van der Waals surface area contributed by atoms with Gasteiger partial charge in [0.2, 0.25) is 0 Å². The summed E-state index contributed by atoms with van der Waals surface area (Å²) in [5, 5.41) is 14.3. The summed E-state index contributed by atoms with van der Waals surface area (Å²) in [7, 11) is 1.42. The van der Waals surface area contributed by atoms with Crippen LogP contribution >= 0.6 is 0 Å². The molecule has 0 fully saturated rings. The lowest BCUT2D eigenvalue weighted by molar-refractivity contribution is -0.302. The Bertz CT molecular complexity index is 1010. The van der Waals surface area contributed by atoms with E-state index < -0.39 is 30.8 Å². The maximum absolute atomic E-state index is 13.7. The van der Waals surface area contributed by atoms with Gasteiger partial charge in [-0.05, 0) is 44.0 Å². The molecule has 31 heavy (non-hydrogen) atoms. The van der Waals surface area contributed by atoms with E-state index in [4.69, 9.17) is 9.47 Å². The molecular weight excluding hydrogens is 413 g/mol. The molecule has 6 nitrogen and oxygen atoms in total. The predicted molar refractivity (Wildman–Crippen MR) is 108 cm³/mol. The minimum Gasteiger partial charge on any atom is -0.497 e. The van der Waals surface area contributed by atoms with Crippen LogP contribution in [0.4, 0.5) is 13.2 Å². The fourth-order valence-corrected chi connectivity index (χ4v) is 3.58. The van der Waals surface area contributed by atoms with Crippen LogP contribution in [0.2, 0.25) is 0 Å². The van der Waals surface area contributed by atoms with Crippen molar-refractivity contribution in [2.75, 3.05) is 13.7 Å². The maximum Gasteiger partial charge on any atom is 0.438 e.